The van der Waals surface area contributed by atoms with E-state index in [2.05, 4.69) is 42.2 Å². The normalized spacial score (nSPS) is 11.8. The number of fused-ring (bicyclic) bond motifs is 1. The first-order chi connectivity index (χ1) is 17.2. The maximum absolute atomic E-state index is 12.9. The molecular weight excluding hydrogens is 460 g/mol. The van der Waals surface area contributed by atoms with Crippen LogP contribution in [0.4, 0.5) is 0 Å². The third kappa shape index (κ3) is 4.57. The standard InChI is InChI=1S/C26H26N6O4/c1-26(2,3)18-5-10-23-22(12-18)17(11-24(33)36-23)13-31-15-19(28-29-31)14-30-16-27-32(25(30)34)20-6-8-21(35-4)9-7-20/h5-12,15-16H,13-14H2,1-4H3. The Kier molecular flexibility index (Phi) is 5.79. The summed E-state index contributed by atoms with van der Waals surface area (Å²) < 4.78 is 15.0. The third-order valence-electron chi connectivity index (χ3n) is 6.00. The molecule has 3 heterocycles. The predicted octanol–water partition coefficient (Wildman–Crippen LogP) is 3.13. The second-order valence-electron chi connectivity index (χ2n) is 9.61. The van der Waals surface area contributed by atoms with Gasteiger partial charge in [0.15, 0.2) is 0 Å². The smallest absolute Gasteiger partial charge is 0.350 e. The van der Waals surface area contributed by atoms with E-state index in [9.17, 15) is 9.59 Å². The number of rotatable bonds is 6. The van der Waals surface area contributed by atoms with Crippen LogP contribution < -0.4 is 16.1 Å². The first-order valence-electron chi connectivity index (χ1n) is 11.5. The Balaban J connectivity index is 1.39. The molecule has 5 aromatic rings. The van der Waals surface area contributed by atoms with Crippen LogP contribution in [0, 0.1) is 0 Å². The number of methoxy groups -OCH3 is 1. The largest absolute Gasteiger partial charge is 0.497 e. The van der Waals surface area contributed by atoms with Crippen molar-refractivity contribution in [1.82, 2.24) is 29.3 Å². The van der Waals surface area contributed by atoms with Crippen LogP contribution in [0.5, 0.6) is 5.75 Å². The molecule has 0 N–H and O–H groups in total. The maximum atomic E-state index is 12.9. The molecule has 5 rings (SSSR count). The monoisotopic (exact) mass is 486 g/mol. The molecule has 36 heavy (non-hydrogen) atoms. The zero-order chi connectivity index (χ0) is 25.4. The van der Waals surface area contributed by atoms with E-state index >= 15 is 0 Å². The van der Waals surface area contributed by atoms with E-state index in [1.54, 1.807) is 42.3 Å². The molecule has 3 aromatic heterocycles. The summed E-state index contributed by atoms with van der Waals surface area (Å²) in [4.78, 5) is 25.0. The molecule has 0 aliphatic carbocycles. The molecule has 0 spiro atoms. The Labute approximate surface area is 206 Å². The number of nitrogens with zero attached hydrogens (tertiary/aromatic N) is 6. The quantitative estimate of drug-likeness (QED) is 0.339. The lowest BCUT2D eigenvalue weighted by atomic mass is 9.86. The maximum Gasteiger partial charge on any atom is 0.350 e. The van der Waals surface area contributed by atoms with Gasteiger partial charge in [-0.05, 0) is 52.9 Å². The molecule has 0 saturated heterocycles. The van der Waals surface area contributed by atoms with Crippen molar-refractivity contribution >= 4 is 11.0 Å². The summed E-state index contributed by atoms with van der Waals surface area (Å²) in [5.41, 5.74) is 2.91. The first-order valence-corrected chi connectivity index (χ1v) is 11.5. The van der Waals surface area contributed by atoms with Gasteiger partial charge in [-0.2, -0.15) is 9.78 Å². The van der Waals surface area contributed by atoms with E-state index < -0.39 is 5.63 Å². The summed E-state index contributed by atoms with van der Waals surface area (Å²) in [6.07, 6.45) is 3.22. The molecule has 0 radical (unpaired) electrons. The molecule has 0 aliphatic rings. The Morgan fingerprint density at radius 2 is 1.78 bits per heavy atom. The SMILES string of the molecule is COc1ccc(-n2ncn(Cc3cn(Cc4cc(=O)oc5ccc(C(C)(C)C)cc45)nn3)c2=O)cc1. The molecular formula is C26H26N6O4. The molecule has 10 heteroatoms. The van der Waals surface area contributed by atoms with Crippen molar-refractivity contribution in [3.05, 3.63) is 98.8 Å². The summed E-state index contributed by atoms with van der Waals surface area (Å²) in [5, 5.41) is 13.5. The van der Waals surface area contributed by atoms with E-state index in [1.807, 2.05) is 12.1 Å². The highest BCUT2D eigenvalue weighted by Crippen LogP contribution is 2.27. The van der Waals surface area contributed by atoms with Gasteiger partial charge in [-0.3, -0.25) is 4.57 Å². The molecule has 0 atom stereocenters. The number of benzene rings is 2. The lowest BCUT2D eigenvalue weighted by molar-refractivity contribution is 0.414. The van der Waals surface area contributed by atoms with Crippen molar-refractivity contribution in [2.24, 2.45) is 0 Å². The molecule has 184 valence electrons. The Hall–Kier alpha value is -4.47. The van der Waals surface area contributed by atoms with Crippen molar-refractivity contribution in [2.75, 3.05) is 7.11 Å². The highest BCUT2D eigenvalue weighted by molar-refractivity contribution is 5.81. The minimum atomic E-state index is -0.418. The number of aromatic nitrogens is 6. The highest BCUT2D eigenvalue weighted by Gasteiger charge is 2.17. The molecule has 0 saturated carbocycles. The summed E-state index contributed by atoms with van der Waals surface area (Å²) in [5.74, 6) is 0.696. The van der Waals surface area contributed by atoms with Gasteiger partial charge in [-0.15, -0.1) is 5.10 Å². The van der Waals surface area contributed by atoms with Gasteiger partial charge in [0.1, 0.15) is 23.4 Å². The second kappa shape index (κ2) is 8.95. The van der Waals surface area contributed by atoms with Crippen LogP contribution in [0.3, 0.4) is 0 Å². The van der Waals surface area contributed by atoms with Gasteiger partial charge in [0, 0.05) is 11.5 Å². The minimum absolute atomic E-state index is 0.0501. The third-order valence-corrected chi connectivity index (χ3v) is 6.00. The van der Waals surface area contributed by atoms with E-state index in [4.69, 9.17) is 9.15 Å². The highest BCUT2D eigenvalue weighted by atomic mass is 16.5. The summed E-state index contributed by atoms with van der Waals surface area (Å²) >= 11 is 0. The van der Waals surface area contributed by atoms with E-state index in [0.717, 1.165) is 16.5 Å². The van der Waals surface area contributed by atoms with Crippen molar-refractivity contribution in [2.45, 2.75) is 39.3 Å². The van der Waals surface area contributed by atoms with E-state index in [1.165, 1.54) is 21.6 Å². The van der Waals surface area contributed by atoms with Gasteiger partial charge in [0.2, 0.25) is 0 Å². The van der Waals surface area contributed by atoms with Gasteiger partial charge in [-0.1, -0.05) is 32.1 Å². The minimum Gasteiger partial charge on any atom is -0.497 e. The Morgan fingerprint density at radius 3 is 2.50 bits per heavy atom. The van der Waals surface area contributed by atoms with Crippen LogP contribution in [0.15, 0.2) is 75.1 Å². The molecule has 10 nitrogen and oxygen atoms in total. The average Bonchev–Trinajstić information content (AvgIpc) is 3.44. The zero-order valence-corrected chi connectivity index (χ0v) is 20.5. The molecule has 0 aliphatic heterocycles. The fraction of sp³-hybridized carbons (Fsp3) is 0.269. The Morgan fingerprint density at radius 1 is 1.00 bits per heavy atom. The van der Waals surface area contributed by atoms with Crippen LogP contribution in [0.1, 0.15) is 37.6 Å². The summed E-state index contributed by atoms with van der Waals surface area (Å²) in [7, 11) is 1.58. The molecule has 0 fully saturated rings. The van der Waals surface area contributed by atoms with Gasteiger partial charge in [0.05, 0.1) is 32.1 Å². The lowest BCUT2D eigenvalue weighted by Crippen LogP contribution is -2.24. The van der Waals surface area contributed by atoms with E-state index in [-0.39, 0.29) is 17.6 Å². The number of hydrogen-bond acceptors (Lipinski definition) is 7. The lowest BCUT2D eigenvalue weighted by Gasteiger charge is -2.19. The van der Waals surface area contributed by atoms with Gasteiger partial charge in [-0.25, -0.2) is 14.3 Å². The zero-order valence-electron chi connectivity index (χ0n) is 20.5. The first kappa shape index (κ1) is 23.3. The van der Waals surface area contributed by atoms with Crippen molar-refractivity contribution in [3.63, 3.8) is 0 Å². The van der Waals surface area contributed by atoms with Crippen LogP contribution in [0.25, 0.3) is 16.7 Å². The number of ether oxygens (including phenoxy) is 1. The van der Waals surface area contributed by atoms with Crippen molar-refractivity contribution in [1.29, 1.82) is 0 Å². The van der Waals surface area contributed by atoms with Gasteiger partial charge < -0.3 is 9.15 Å². The van der Waals surface area contributed by atoms with E-state index in [0.29, 0.717) is 29.3 Å². The fourth-order valence-corrected chi connectivity index (χ4v) is 4.01. The predicted molar refractivity (Wildman–Crippen MR) is 134 cm³/mol. The molecule has 0 bridgehead atoms. The molecule has 0 amide bonds. The summed E-state index contributed by atoms with van der Waals surface area (Å²) in [6.45, 7) is 6.95. The molecule has 2 aromatic carbocycles. The molecule has 0 unspecified atom stereocenters. The van der Waals surface area contributed by atoms with Crippen LogP contribution >= 0.6 is 0 Å². The number of hydrogen-bond donors (Lipinski definition) is 0. The van der Waals surface area contributed by atoms with Crippen LogP contribution in [-0.4, -0.2) is 36.5 Å². The average molecular weight is 487 g/mol. The summed E-state index contributed by atoms with van der Waals surface area (Å²) in [6, 6.07) is 14.4. The van der Waals surface area contributed by atoms with Crippen LogP contribution in [-0.2, 0) is 18.5 Å². The van der Waals surface area contributed by atoms with Crippen molar-refractivity contribution in [3.8, 4) is 11.4 Å². The second-order valence-corrected chi connectivity index (χ2v) is 9.61. The van der Waals surface area contributed by atoms with Crippen molar-refractivity contribution < 1.29 is 9.15 Å². The fourth-order valence-electron chi connectivity index (χ4n) is 4.01. The topological polar surface area (TPSA) is 110 Å². The Bertz CT molecular complexity index is 1650. The van der Waals surface area contributed by atoms with Crippen LogP contribution in [0.2, 0.25) is 0 Å². The van der Waals surface area contributed by atoms with Gasteiger partial charge in [0.25, 0.3) is 0 Å². The van der Waals surface area contributed by atoms with Gasteiger partial charge >= 0.3 is 11.3 Å².